The number of ether oxygens (including phenoxy) is 4. The summed E-state index contributed by atoms with van der Waals surface area (Å²) in [7, 11) is 0. The van der Waals surface area contributed by atoms with Crippen molar-refractivity contribution in [2.24, 2.45) is 0 Å². The summed E-state index contributed by atoms with van der Waals surface area (Å²) < 4.78 is 51.9. The molecule has 18 heteroatoms. The van der Waals surface area contributed by atoms with E-state index in [4.69, 9.17) is 18.9 Å². The van der Waals surface area contributed by atoms with Crippen LogP contribution in [0.25, 0.3) is 22.1 Å². The van der Waals surface area contributed by atoms with E-state index in [9.17, 15) is 18.4 Å². The lowest BCUT2D eigenvalue weighted by Crippen LogP contribution is -2.43. The lowest BCUT2D eigenvalue weighted by Gasteiger charge is -2.32. The topological polar surface area (TPSA) is 163 Å². The number of likely N-dealkylation sites (tertiary alicyclic amines) is 2. The molecule has 0 bridgehead atoms. The molecule has 0 unspecified atom stereocenters. The van der Waals surface area contributed by atoms with Crippen LogP contribution >= 0.6 is 0 Å². The van der Waals surface area contributed by atoms with Gasteiger partial charge in [-0.1, -0.05) is 0 Å². The average Bonchev–Trinajstić information content (AvgIpc) is 3.97. The molecule has 0 atom stereocenters. The molecule has 62 heavy (non-hydrogen) atoms. The molecule has 10 rings (SSSR count). The summed E-state index contributed by atoms with van der Waals surface area (Å²) in [6.07, 6.45) is 9.84. The number of halogens is 2. The van der Waals surface area contributed by atoms with E-state index < -0.39 is 11.6 Å². The first-order valence-corrected chi connectivity index (χ1v) is 21.0. The van der Waals surface area contributed by atoms with Crippen molar-refractivity contribution in [2.75, 3.05) is 52.9 Å². The number of hydrogen-bond donors (Lipinski definition) is 2. The highest BCUT2D eigenvalue weighted by molar-refractivity contribution is 5.74. The van der Waals surface area contributed by atoms with Crippen LogP contribution in [0.2, 0.25) is 0 Å². The zero-order chi connectivity index (χ0) is 42.4. The van der Waals surface area contributed by atoms with E-state index in [-0.39, 0.29) is 24.7 Å². The van der Waals surface area contributed by atoms with E-state index in [1.807, 2.05) is 12.1 Å². The summed E-state index contributed by atoms with van der Waals surface area (Å²) in [6, 6.07) is 13.7. The van der Waals surface area contributed by atoms with Gasteiger partial charge in [0, 0.05) is 87.8 Å². The van der Waals surface area contributed by atoms with Gasteiger partial charge in [0.2, 0.25) is 13.6 Å². The van der Waals surface area contributed by atoms with Gasteiger partial charge in [-0.15, -0.1) is 0 Å². The number of rotatable bonds is 12. The molecule has 324 valence electrons. The Kier molecular flexibility index (Phi) is 12.6. The summed E-state index contributed by atoms with van der Waals surface area (Å²) in [5.74, 6) is 2.02. The zero-order valence-electron chi connectivity index (χ0n) is 34.2. The highest BCUT2D eigenvalue weighted by Gasteiger charge is 2.22. The minimum Gasteiger partial charge on any atom is -0.453 e. The van der Waals surface area contributed by atoms with Gasteiger partial charge in [0.1, 0.15) is 11.6 Å². The van der Waals surface area contributed by atoms with Crippen LogP contribution in [-0.4, -0.2) is 104 Å². The van der Waals surface area contributed by atoms with Crippen LogP contribution < -0.4 is 40.7 Å². The maximum absolute atomic E-state index is 13.6. The van der Waals surface area contributed by atoms with Gasteiger partial charge in [-0.3, -0.25) is 29.5 Å². The van der Waals surface area contributed by atoms with Gasteiger partial charge >= 0.3 is 0 Å². The molecule has 2 N–H and O–H groups in total. The fourth-order valence-electron chi connectivity index (χ4n) is 8.33. The van der Waals surface area contributed by atoms with Crippen molar-refractivity contribution in [1.82, 2.24) is 49.5 Å². The number of hydrogen-bond acceptors (Lipinski definition) is 14. The smallest absolute Gasteiger partial charge is 0.251 e. The predicted molar refractivity (Wildman–Crippen MR) is 225 cm³/mol. The number of aromatic nitrogens is 6. The highest BCUT2D eigenvalue weighted by atomic mass is 19.1. The van der Waals surface area contributed by atoms with Crippen LogP contribution in [0.5, 0.6) is 23.0 Å². The van der Waals surface area contributed by atoms with Gasteiger partial charge in [-0.25, -0.2) is 8.78 Å². The predicted octanol–water partition coefficient (Wildman–Crippen LogP) is 3.83. The van der Waals surface area contributed by atoms with Gasteiger partial charge in [0.15, 0.2) is 23.0 Å². The molecule has 16 nitrogen and oxygen atoms in total. The standard InChI is InChI=1S/2C22H24FN5O3/c2*23-15-9-19-18(26-11-15)1-2-22(29)28(19)8-7-27-5-3-16(4-6-27)24-12-17-10-20-21(13-25-17)31-14-30-20/h2*1-2,9-11,13,16,24H,3-8,12,14H2. The highest BCUT2D eigenvalue weighted by Crippen LogP contribution is 2.32. The SMILES string of the molecule is O=c1ccc2ncc(F)cc2n1CCN1CCC(NCc2cc3c(cn2)OCO3)CC1.O=c1ccc2ncc(F)cc2n1CCN1CCC(NCc2cc3c(cn2)OCO3)CC1. The molecule has 0 radical (unpaired) electrons. The summed E-state index contributed by atoms with van der Waals surface area (Å²) in [5.41, 5.74) is 3.94. The summed E-state index contributed by atoms with van der Waals surface area (Å²) in [5, 5.41) is 7.14. The molecule has 0 saturated carbocycles. The van der Waals surface area contributed by atoms with E-state index in [2.05, 4.69) is 40.4 Å². The van der Waals surface area contributed by atoms with Crippen molar-refractivity contribution in [2.45, 2.75) is 63.9 Å². The molecule has 4 aliphatic rings. The molecular formula is C44H48F2N10O6. The third-order valence-corrected chi connectivity index (χ3v) is 11.8. The maximum Gasteiger partial charge on any atom is 0.251 e. The third kappa shape index (κ3) is 9.83. The van der Waals surface area contributed by atoms with Crippen molar-refractivity contribution < 1.29 is 27.7 Å². The minimum absolute atomic E-state index is 0.132. The number of pyridine rings is 6. The Morgan fingerprint density at radius 2 is 0.952 bits per heavy atom. The van der Waals surface area contributed by atoms with Gasteiger partial charge < -0.3 is 48.5 Å². The molecule has 6 aromatic heterocycles. The van der Waals surface area contributed by atoms with Gasteiger partial charge in [0.25, 0.3) is 11.1 Å². The quantitative estimate of drug-likeness (QED) is 0.183. The van der Waals surface area contributed by atoms with Gasteiger partial charge in [-0.05, 0) is 64.0 Å². The van der Waals surface area contributed by atoms with Crippen LogP contribution in [0.3, 0.4) is 0 Å². The molecule has 4 aliphatic heterocycles. The molecule has 0 aromatic carbocycles. The molecule has 6 aromatic rings. The van der Waals surface area contributed by atoms with E-state index in [0.717, 1.165) is 87.8 Å². The second kappa shape index (κ2) is 18.9. The number of fused-ring (bicyclic) bond motifs is 4. The maximum atomic E-state index is 13.6. The van der Waals surface area contributed by atoms with Crippen LogP contribution in [0.1, 0.15) is 37.1 Å². The fraction of sp³-hybridized carbons (Fsp3) is 0.409. The Balaban J connectivity index is 0.000000158. The Morgan fingerprint density at radius 1 is 0.532 bits per heavy atom. The van der Waals surface area contributed by atoms with Crippen molar-refractivity contribution in [1.29, 1.82) is 0 Å². The average molecular weight is 851 g/mol. The monoisotopic (exact) mass is 850 g/mol. The number of piperidine rings is 2. The zero-order valence-corrected chi connectivity index (χ0v) is 34.2. The largest absolute Gasteiger partial charge is 0.453 e. The molecule has 0 amide bonds. The number of nitrogens with one attached hydrogen (secondary N) is 2. The normalized spacial score (nSPS) is 16.8. The number of nitrogens with zero attached hydrogens (tertiary/aromatic N) is 8. The molecule has 0 aliphatic carbocycles. The summed E-state index contributed by atoms with van der Waals surface area (Å²) >= 11 is 0. The summed E-state index contributed by atoms with van der Waals surface area (Å²) in [6.45, 7) is 8.16. The molecule has 2 saturated heterocycles. The first-order chi connectivity index (χ1) is 30.3. The molecule has 2 fully saturated rings. The Hall–Kier alpha value is -6.08. The van der Waals surface area contributed by atoms with Crippen LogP contribution in [-0.2, 0) is 26.2 Å². The van der Waals surface area contributed by atoms with E-state index in [1.165, 1.54) is 36.7 Å². The lowest BCUT2D eigenvalue weighted by molar-refractivity contribution is 0.173. The van der Waals surface area contributed by atoms with Gasteiger partial charge in [0.05, 0.1) is 58.2 Å². The molecule has 0 spiro atoms. The van der Waals surface area contributed by atoms with Crippen molar-refractivity contribution in [3.05, 3.63) is 117 Å². The lowest BCUT2D eigenvalue weighted by atomic mass is 10.0. The van der Waals surface area contributed by atoms with Crippen molar-refractivity contribution in [3.63, 3.8) is 0 Å². The van der Waals surface area contributed by atoms with Crippen LogP contribution in [0, 0.1) is 11.6 Å². The minimum atomic E-state index is -0.435. The second-order valence-electron chi connectivity index (χ2n) is 15.8. The van der Waals surface area contributed by atoms with Crippen LogP contribution in [0.4, 0.5) is 8.78 Å². The molecule has 10 heterocycles. The first-order valence-electron chi connectivity index (χ1n) is 21.0. The van der Waals surface area contributed by atoms with E-state index in [0.29, 0.717) is 71.8 Å². The molecular weight excluding hydrogens is 803 g/mol. The first kappa shape index (κ1) is 41.3. The van der Waals surface area contributed by atoms with E-state index in [1.54, 1.807) is 33.7 Å². The second-order valence-corrected chi connectivity index (χ2v) is 15.8. The van der Waals surface area contributed by atoms with E-state index >= 15 is 0 Å². The van der Waals surface area contributed by atoms with Crippen molar-refractivity contribution >= 4 is 22.1 Å². The Labute approximate surface area is 355 Å². The van der Waals surface area contributed by atoms with Crippen LogP contribution in [0.15, 0.2) is 82.9 Å². The fourth-order valence-corrected chi connectivity index (χ4v) is 8.33. The third-order valence-electron chi connectivity index (χ3n) is 11.8. The van der Waals surface area contributed by atoms with Gasteiger partial charge in [-0.2, -0.15) is 0 Å². The Morgan fingerprint density at radius 3 is 1.39 bits per heavy atom. The van der Waals surface area contributed by atoms with Crippen molar-refractivity contribution in [3.8, 4) is 23.0 Å². The summed E-state index contributed by atoms with van der Waals surface area (Å²) in [4.78, 5) is 46.3. The Bertz CT molecular complexity index is 2470.